The summed E-state index contributed by atoms with van der Waals surface area (Å²) < 4.78 is 21.9. The van der Waals surface area contributed by atoms with E-state index in [1.165, 1.54) is 0 Å². The van der Waals surface area contributed by atoms with E-state index in [0.29, 0.717) is 49.7 Å². The molecule has 192 valence electrons. The molecule has 0 saturated carbocycles. The summed E-state index contributed by atoms with van der Waals surface area (Å²) in [5.41, 5.74) is 2.26. The summed E-state index contributed by atoms with van der Waals surface area (Å²) in [5, 5.41) is 3.25. The maximum Gasteiger partial charge on any atom is 0.410 e. The van der Waals surface area contributed by atoms with Gasteiger partial charge in [-0.15, -0.1) is 0 Å². The Morgan fingerprint density at radius 2 is 2.00 bits per heavy atom. The Morgan fingerprint density at radius 3 is 2.63 bits per heavy atom. The van der Waals surface area contributed by atoms with E-state index < -0.39 is 8.60 Å². The number of anilines is 2. The first-order chi connectivity index (χ1) is 16.8. The van der Waals surface area contributed by atoms with Gasteiger partial charge in [0.25, 0.3) is 0 Å². The van der Waals surface area contributed by atoms with Gasteiger partial charge >= 0.3 is 14.7 Å². The molecule has 1 fully saturated rings. The van der Waals surface area contributed by atoms with Gasteiger partial charge in [-0.2, -0.15) is 0 Å². The Balaban J connectivity index is 1.63. The number of methoxy groups -OCH3 is 1. The number of ether oxygens (including phenoxy) is 3. The van der Waals surface area contributed by atoms with Gasteiger partial charge in [0.15, 0.2) is 11.6 Å². The van der Waals surface area contributed by atoms with Crippen molar-refractivity contribution in [1.82, 2.24) is 14.9 Å². The van der Waals surface area contributed by atoms with Crippen LogP contribution in [-0.2, 0) is 15.7 Å². The molecule has 0 aromatic carbocycles. The van der Waals surface area contributed by atoms with Crippen LogP contribution in [0.5, 0.6) is 11.5 Å². The zero-order chi connectivity index (χ0) is 25.4. The maximum absolute atomic E-state index is 12.1. The highest BCUT2D eigenvalue weighted by atomic mass is 31.2. The molecule has 11 nitrogen and oxygen atoms in total. The minimum Gasteiger partial charge on any atom is -0.490 e. The van der Waals surface area contributed by atoms with Crippen LogP contribution < -0.4 is 14.8 Å². The van der Waals surface area contributed by atoms with Crippen LogP contribution in [0.4, 0.5) is 16.3 Å². The zero-order valence-corrected chi connectivity index (χ0v) is 21.3. The molecule has 0 aliphatic carbocycles. The molecule has 3 heterocycles. The molecule has 2 aromatic heterocycles. The molecule has 1 aliphatic heterocycles. The van der Waals surface area contributed by atoms with Crippen molar-refractivity contribution in [2.75, 3.05) is 32.1 Å². The predicted molar refractivity (Wildman–Crippen MR) is 131 cm³/mol. The number of nitrogens with one attached hydrogen (secondary N) is 1. The van der Waals surface area contributed by atoms with Crippen LogP contribution in [0.2, 0.25) is 0 Å². The topological polar surface area (TPSA) is 136 Å². The first-order valence-electron chi connectivity index (χ1n) is 11.5. The lowest BCUT2D eigenvalue weighted by molar-refractivity contribution is 0.0511. The highest BCUT2D eigenvalue weighted by Crippen LogP contribution is 2.37. The highest BCUT2D eigenvalue weighted by molar-refractivity contribution is 7.39. The number of rotatable bonds is 10. The Kier molecular flexibility index (Phi) is 9.85. The Hall–Kier alpha value is -2.72. The van der Waals surface area contributed by atoms with E-state index in [1.807, 2.05) is 32.9 Å². The molecule has 0 bridgehead atoms. The predicted octanol–water partition coefficient (Wildman–Crippen LogP) is 3.70. The van der Waals surface area contributed by atoms with E-state index in [1.54, 1.807) is 24.3 Å². The fourth-order valence-corrected chi connectivity index (χ4v) is 3.92. The molecule has 0 atom stereocenters. The number of hydrogen-bond acceptors (Lipinski definition) is 10. The molecular weight excluding hydrogens is 475 g/mol. The van der Waals surface area contributed by atoms with Gasteiger partial charge in [0.2, 0.25) is 5.75 Å². The van der Waals surface area contributed by atoms with Crippen molar-refractivity contribution >= 4 is 26.2 Å². The molecule has 0 unspecified atom stereocenters. The smallest absolute Gasteiger partial charge is 0.410 e. The van der Waals surface area contributed by atoms with Gasteiger partial charge < -0.3 is 38.7 Å². The van der Waals surface area contributed by atoms with Crippen LogP contribution in [0, 0.1) is 6.92 Å². The van der Waals surface area contributed by atoms with Gasteiger partial charge in [-0.3, -0.25) is 4.98 Å². The number of piperidine rings is 1. The monoisotopic (exact) mass is 508 g/mol. The quantitative estimate of drug-likeness (QED) is 0.408. The number of carbonyl (C=O) groups is 1. The molecule has 3 N–H and O–H groups in total. The molecule has 0 spiro atoms. The number of carbonyl (C=O) groups excluding carboxylic acids is 1. The largest absolute Gasteiger partial charge is 0.490 e. The molecule has 35 heavy (non-hydrogen) atoms. The summed E-state index contributed by atoms with van der Waals surface area (Å²) in [5.74, 6) is 1.54. The number of amides is 1. The molecule has 1 amide bonds. The van der Waals surface area contributed by atoms with Crippen molar-refractivity contribution in [2.24, 2.45) is 0 Å². The van der Waals surface area contributed by atoms with Crippen molar-refractivity contribution < 1.29 is 33.3 Å². The van der Waals surface area contributed by atoms with Gasteiger partial charge in [0.05, 0.1) is 31.2 Å². The van der Waals surface area contributed by atoms with Crippen molar-refractivity contribution in [3.05, 3.63) is 35.8 Å². The summed E-state index contributed by atoms with van der Waals surface area (Å²) in [4.78, 5) is 40.5. The molecule has 1 saturated heterocycles. The number of nitrogens with zero attached hydrogens (tertiary/aromatic N) is 3. The minimum atomic E-state index is -2.37. The average molecular weight is 509 g/mol. The van der Waals surface area contributed by atoms with Crippen LogP contribution in [0.1, 0.15) is 38.1 Å². The fourth-order valence-electron chi connectivity index (χ4n) is 3.67. The van der Waals surface area contributed by atoms with Crippen LogP contribution in [0.3, 0.4) is 0 Å². The van der Waals surface area contributed by atoms with Crippen molar-refractivity contribution in [1.29, 1.82) is 0 Å². The molecular formula is C23H33N4O7P. The summed E-state index contributed by atoms with van der Waals surface area (Å²) in [6, 6.07) is 5.47. The van der Waals surface area contributed by atoms with Gasteiger partial charge in [0.1, 0.15) is 6.10 Å². The zero-order valence-electron chi connectivity index (χ0n) is 20.4. The summed E-state index contributed by atoms with van der Waals surface area (Å²) in [7, 11) is -0.805. The first-order valence-corrected chi connectivity index (χ1v) is 12.6. The lowest BCUT2D eigenvalue weighted by atomic mass is 10.1. The summed E-state index contributed by atoms with van der Waals surface area (Å²) in [6.45, 7) is 6.83. The molecule has 1 aliphatic rings. The Labute approximate surface area is 206 Å². The third-order valence-corrected chi connectivity index (χ3v) is 5.78. The van der Waals surface area contributed by atoms with Crippen molar-refractivity contribution in [3.8, 4) is 11.5 Å². The number of likely N-dealkylation sites (tertiary alicyclic amines) is 1. The lowest BCUT2D eigenvalue weighted by Gasteiger charge is -2.32. The third-order valence-electron chi connectivity index (χ3n) is 5.36. The van der Waals surface area contributed by atoms with Gasteiger partial charge in [0, 0.05) is 50.3 Å². The van der Waals surface area contributed by atoms with E-state index in [2.05, 4.69) is 15.3 Å². The molecule has 2 aromatic rings. The number of pyridine rings is 2. The molecule has 3 rings (SSSR count). The Morgan fingerprint density at radius 1 is 1.26 bits per heavy atom. The third kappa shape index (κ3) is 7.90. The second-order valence-electron chi connectivity index (χ2n) is 8.32. The number of aryl methyl sites for hydroxylation is 1. The van der Waals surface area contributed by atoms with E-state index in [9.17, 15) is 4.79 Å². The van der Waals surface area contributed by atoms with Crippen LogP contribution in [-0.4, -0.2) is 69.8 Å². The molecule has 12 heteroatoms. The normalized spacial score (nSPS) is 14.3. The van der Waals surface area contributed by atoms with Crippen molar-refractivity contribution in [2.45, 2.75) is 52.2 Å². The SMILES string of the molecule is COc1c(OC2CCN(C(=O)OC(C)C)CC2)ccnc1Nc1ccc(CCOP(O)O)nc1C. The standard InChI is InChI=1S/C23H33N4O7P/c1-15(2)33-23(28)27-12-8-18(9-13-27)34-20-7-11-24-22(21(20)31-4)26-19-6-5-17(25-16(19)3)10-14-32-35(29)30/h5-7,11,15,18,29-30H,8-10,12-14H2,1-4H3,(H,24,26). The van der Waals surface area contributed by atoms with E-state index >= 15 is 0 Å². The minimum absolute atomic E-state index is 0.0639. The first kappa shape index (κ1) is 26.9. The highest BCUT2D eigenvalue weighted by Gasteiger charge is 2.26. The summed E-state index contributed by atoms with van der Waals surface area (Å²) >= 11 is 0. The van der Waals surface area contributed by atoms with E-state index in [-0.39, 0.29) is 24.9 Å². The average Bonchev–Trinajstić information content (AvgIpc) is 2.81. The second-order valence-corrected chi connectivity index (χ2v) is 9.09. The number of hydrogen-bond donors (Lipinski definition) is 3. The van der Waals surface area contributed by atoms with Gasteiger partial charge in [-0.25, -0.2) is 9.78 Å². The van der Waals surface area contributed by atoms with Gasteiger partial charge in [-0.1, -0.05) is 0 Å². The lowest BCUT2D eigenvalue weighted by Crippen LogP contribution is -2.42. The van der Waals surface area contributed by atoms with E-state index in [4.69, 9.17) is 28.5 Å². The van der Waals surface area contributed by atoms with Crippen LogP contribution >= 0.6 is 8.60 Å². The van der Waals surface area contributed by atoms with Crippen molar-refractivity contribution in [3.63, 3.8) is 0 Å². The second kappa shape index (κ2) is 12.8. The number of aromatic nitrogens is 2. The Bertz CT molecular complexity index is 984. The maximum atomic E-state index is 12.1. The fraction of sp³-hybridized carbons (Fsp3) is 0.522. The summed E-state index contributed by atoms with van der Waals surface area (Å²) in [6.07, 6.45) is 2.97. The van der Waals surface area contributed by atoms with Crippen LogP contribution in [0.15, 0.2) is 24.4 Å². The van der Waals surface area contributed by atoms with E-state index in [0.717, 1.165) is 17.1 Å². The van der Waals surface area contributed by atoms with Gasteiger partial charge in [-0.05, 0) is 32.9 Å². The molecule has 0 radical (unpaired) electrons. The van der Waals surface area contributed by atoms with Crippen LogP contribution in [0.25, 0.3) is 0 Å².